The smallest absolute Gasteiger partial charge is 0.416 e. The molecule has 0 saturated heterocycles. The zero-order valence-electron chi connectivity index (χ0n) is 15.9. The van der Waals surface area contributed by atoms with Crippen LogP contribution in [-0.2, 0) is 19.4 Å². The van der Waals surface area contributed by atoms with E-state index in [2.05, 4.69) is 0 Å². The molecule has 1 aromatic heterocycles. The Morgan fingerprint density at radius 1 is 0.964 bits per heavy atom. The third kappa shape index (κ3) is 4.23. The summed E-state index contributed by atoms with van der Waals surface area (Å²) in [7, 11) is 0. The van der Waals surface area contributed by atoms with Crippen LogP contribution in [0.5, 0.6) is 5.75 Å². The van der Waals surface area contributed by atoms with Gasteiger partial charge in [0.25, 0.3) is 0 Å². The SMILES string of the molecule is Cc1ccc(C)c(OCc2cc(-c3ccc(C(F)(F)F)cc3)sc2CO)c1C. The Morgan fingerprint density at radius 2 is 1.61 bits per heavy atom. The quantitative estimate of drug-likeness (QED) is 0.529. The first kappa shape index (κ1) is 20.4. The Bertz CT molecular complexity index is 973. The zero-order chi connectivity index (χ0) is 20.5. The molecule has 28 heavy (non-hydrogen) atoms. The molecule has 0 radical (unpaired) electrons. The van der Waals surface area contributed by atoms with Gasteiger partial charge in [0.05, 0.1) is 12.2 Å². The van der Waals surface area contributed by atoms with Gasteiger partial charge in [0.2, 0.25) is 0 Å². The van der Waals surface area contributed by atoms with Gasteiger partial charge in [-0.3, -0.25) is 0 Å². The average molecular weight is 406 g/mol. The van der Waals surface area contributed by atoms with Gasteiger partial charge in [-0.2, -0.15) is 13.2 Å². The van der Waals surface area contributed by atoms with Crippen LogP contribution in [0.25, 0.3) is 10.4 Å². The highest BCUT2D eigenvalue weighted by atomic mass is 32.1. The van der Waals surface area contributed by atoms with Crippen LogP contribution in [0.2, 0.25) is 0 Å². The van der Waals surface area contributed by atoms with E-state index in [1.807, 2.05) is 39.0 Å². The largest absolute Gasteiger partial charge is 0.488 e. The lowest BCUT2D eigenvalue weighted by Gasteiger charge is -2.14. The van der Waals surface area contributed by atoms with Crippen molar-refractivity contribution in [1.29, 1.82) is 0 Å². The van der Waals surface area contributed by atoms with Gasteiger partial charge in [-0.05, 0) is 61.2 Å². The van der Waals surface area contributed by atoms with E-state index >= 15 is 0 Å². The van der Waals surface area contributed by atoms with Gasteiger partial charge in [0, 0.05) is 15.3 Å². The van der Waals surface area contributed by atoms with E-state index in [9.17, 15) is 18.3 Å². The molecule has 0 bridgehead atoms. The number of rotatable bonds is 5. The van der Waals surface area contributed by atoms with Crippen molar-refractivity contribution in [2.24, 2.45) is 0 Å². The Hall–Kier alpha value is -2.31. The van der Waals surface area contributed by atoms with Gasteiger partial charge in [-0.25, -0.2) is 0 Å². The number of aliphatic hydroxyl groups is 1. The molecule has 0 saturated carbocycles. The van der Waals surface area contributed by atoms with E-state index in [-0.39, 0.29) is 13.2 Å². The average Bonchev–Trinajstić information content (AvgIpc) is 3.07. The minimum absolute atomic E-state index is 0.143. The second-order valence-electron chi connectivity index (χ2n) is 6.73. The molecule has 0 atom stereocenters. The van der Waals surface area contributed by atoms with Crippen LogP contribution in [0.1, 0.15) is 32.7 Å². The predicted octanol–water partition coefficient (Wildman–Crippen LogP) is 6.43. The summed E-state index contributed by atoms with van der Waals surface area (Å²) in [4.78, 5) is 1.55. The molecule has 148 valence electrons. The molecule has 3 aromatic rings. The molecule has 0 aliphatic carbocycles. The van der Waals surface area contributed by atoms with Crippen molar-refractivity contribution in [1.82, 2.24) is 0 Å². The molecule has 0 aliphatic rings. The molecule has 0 aliphatic heterocycles. The van der Waals surface area contributed by atoms with Crippen molar-refractivity contribution in [3.63, 3.8) is 0 Å². The van der Waals surface area contributed by atoms with Crippen LogP contribution < -0.4 is 4.74 Å². The lowest BCUT2D eigenvalue weighted by atomic mass is 10.1. The summed E-state index contributed by atoms with van der Waals surface area (Å²) in [6.07, 6.45) is -4.35. The number of ether oxygens (including phenoxy) is 1. The van der Waals surface area contributed by atoms with Crippen molar-refractivity contribution in [3.8, 4) is 16.2 Å². The molecule has 2 aromatic carbocycles. The Balaban J connectivity index is 1.84. The number of aryl methyl sites for hydroxylation is 2. The van der Waals surface area contributed by atoms with Crippen molar-refractivity contribution in [2.45, 2.75) is 40.2 Å². The van der Waals surface area contributed by atoms with E-state index in [0.717, 1.165) is 49.9 Å². The number of hydrogen-bond donors (Lipinski definition) is 1. The second-order valence-corrected chi connectivity index (χ2v) is 7.87. The van der Waals surface area contributed by atoms with Crippen LogP contribution in [0.3, 0.4) is 0 Å². The number of hydrogen-bond acceptors (Lipinski definition) is 3. The second kappa shape index (κ2) is 7.97. The van der Waals surface area contributed by atoms with Gasteiger partial charge in [-0.15, -0.1) is 11.3 Å². The van der Waals surface area contributed by atoms with Crippen LogP contribution in [0.4, 0.5) is 13.2 Å². The summed E-state index contributed by atoms with van der Waals surface area (Å²) in [5.74, 6) is 0.825. The minimum atomic E-state index is -4.35. The number of thiophene rings is 1. The fourth-order valence-electron chi connectivity index (χ4n) is 2.99. The zero-order valence-corrected chi connectivity index (χ0v) is 16.7. The normalized spacial score (nSPS) is 11.7. The molecule has 1 heterocycles. The molecule has 1 N–H and O–H groups in total. The Morgan fingerprint density at radius 3 is 2.21 bits per heavy atom. The number of aliphatic hydroxyl groups excluding tert-OH is 1. The number of alkyl halides is 3. The highest BCUT2D eigenvalue weighted by molar-refractivity contribution is 7.15. The molecule has 0 amide bonds. The van der Waals surface area contributed by atoms with Gasteiger partial charge in [0.1, 0.15) is 12.4 Å². The highest BCUT2D eigenvalue weighted by Gasteiger charge is 2.30. The van der Waals surface area contributed by atoms with Crippen LogP contribution in [0.15, 0.2) is 42.5 Å². The molecule has 6 heteroatoms. The van der Waals surface area contributed by atoms with Crippen LogP contribution in [0, 0.1) is 20.8 Å². The maximum Gasteiger partial charge on any atom is 0.416 e. The Kier molecular flexibility index (Phi) is 5.82. The van der Waals surface area contributed by atoms with Crippen molar-refractivity contribution >= 4 is 11.3 Å². The molecule has 0 unspecified atom stereocenters. The fraction of sp³-hybridized carbons (Fsp3) is 0.273. The van der Waals surface area contributed by atoms with E-state index in [1.165, 1.54) is 23.5 Å². The number of benzene rings is 2. The summed E-state index contributed by atoms with van der Waals surface area (Å²) in [5.41, 5.74) is 4.09. The van der Waals surface area contributed by atoms with E-state index < -0.39 is 11.7 Å². The summed E-state index contributed by atoms with van der Waals surface area (Å²) < 4.78 is 44.3. The molecule has 3 rings (SSSR count). The van der Waals surface area contributed by atoms with Crippen LogP contribution >= 0.6 is 11.3 Å². The maximum atomic E-state index is 12.8. The van der Waals surface area contributed by atoms with E-state index in [4.69, 9.17) is 4.74 Å². The van der Waals surface area contributed by atoms with Gasteiger partial charge in [0.15, 0.2) is 0 Å². The van der Waals surface area contributed by atoms with Gasteiger partial charge >= 0.3 is 6.18 Å². The minimum Gasteiger partial charge on any atom is -0.488 e. The third-order valence-electron chi connectivity index (χ3n) is 4.78. The first-order valence-electron chi connectivity index (χ1n) is 8.80. The van der Waals surface area contributed by atoms with Crippen LogP contribution in [-0.4, -0.2) is 5.11 Å². The molecule has 2 nitrogen and oxygen atoms in total. The fourth-order valence-corrected chi connectivity index (χ4v) is 4.02. The highest BCUT2D eigenvalue weighted by Crippen LogP contribution is 2.36. The van der Waals surface area contributed by atoms with E-state index in [0.29, 0.717) is 5.56 Å². The van der Waals surface area contributed by atoms with Crippen molar-refractivity contribution in [2.75, 3.05) is 0 Å². The third-order valence-corrected chi connectivity index (χ3v) is 5.99. The summed E-state index contributed by atoms with van der Waals surface area (Å²) in [6.45, 7) is 6.16. The van der Waals surface area contributed by atoms with Gasteiger partial charge < -0.3 is 9.84 Å². The first-order chi connectivity index (χ1) is 13.2. The maximum absolute atomic E-state index is 12.8. The van der Waals surface area contributed by atoms with Crippen molar-refractivity contribution in [3.05, 3.63) is 75.2 Å². The molecule has 0 fully saturated rings. The molecule has 0 spiro atoms. The van der Waals surface area contributed by atoms with Crippen molar-refractivity contribution < 1.29 is 23.0 Å². The molecular weight excluding hydrogens is 385 g/mol. The topological polar surface area (TPSA) is 29.5 Å². The number of halogens is 3. The lowest BCUT2D eigenvalue weighted by Crippen LogP contribution is -2.03. The monoisotopic (exact) mass is 406 g/mol. The summed E-state index contributed by atoms with van der Waals surface area (Å²) in [5, 5.41) is 9.69. The van der Waals surface area contributed by atoms with Gasteiger partial charge in [-0.1, -0.05) is 24.3 Å². The van der Waals surface area contributed by atoms with E-state index in [1.54, 1.807) is 0 Å². The predicted molar refractivity (Wildman–Crippen MR) is 106 cm³/mol. The molecular formula is C22H21F3O2S. The summed E-state index contributed by atoms with van der Waals surface area (Å²) in [6, 6.07) is 11.0. The standard InChI is InChI=1S/C22H21F3O2S/c1-13-4-5-14(2)21(15(13)3)27-12-17-10-19(28-20(17)11-26)16-6-8-18(9-7-16)22(23,24)25/h4-10,26H,11-12H2,1-3H3. The summed E-state index contributed by atoms with van der Waals surface area (Å²) >= 11 is 1.36. The first-order valence-corrected chi connectivity index (χ1v) is 9.62. The Labute approximate surface area is 166 Å². The lowest BCUT2D eigenvalue weighted by molar-refractivity contribution is -0.137.